The van der Waals surface area contributed by atoms with Crippen LogP contribution in [-0.4, -0.2) is 30.9 Å². The lowest BCUT2D eigenvalue weighted by Gasteiger charge is -2.30. The molecule has 0 aromatic heterocycles. The first kappa shape index (κ1) is 21.5. The first-order chi connectivity index (χ1) is 12.1. The van der Waals surface area contributed by atoms with Crippen molar-refractivity contribution in [2.24, 2.45) is 4.99 Å². The van der Waals surface area contributed by atoms with Crippen LogP contribution in [0, 0.1) is 0 Å². The first-order valence-corrected chi connectivity index (χ1v) is 9.84. The van der Waals surface area contributed by atoms with Gasteiger partial charge in [-0.3, -0.25) is 0 Å². The van der Waals surface area contributed by atoms with Crippen LogP contribution in [0.4, 0.5) is 4.79 Å². The lowest BCUT2D eigenvalue weighted by Crippen LogP contribution is -2.35. The second kappa shape index (κ2) is 10.4. The standard InChI is InChI=1S/C15H17BrN2O3.2C2H6/c1-2-20-14(19)17-13-18-15(9-21-13)7-6-11-10(8-15)4-3-5-12(11)16;2*1-2/h3-5H,2,6-9H2,1H3,(H,17,18,19);2*1-2H3. The van der Waals surface area contributed by atoms with Crippen molar-refractivity contribution in [1.82, 2.24) is 5.32 Å². The summed E-state index contributed by atoms with van der Waals surface area (Å²) in [6.45, 7) is 10.6. The van der Waals surface area contributed by atoms with Crippen molar-refractivity contribution < 1.29 is 14.3 Å². The van der Waals surface area contributed by atoms with Crippen LogP contribution in [0.1, 0.15) is 52.2 Å². The number of nitrogens with one attached hydrogen (secondary N) is 1. The van der Waals surface area contributed by atoms with E-state index in [1.165, 1.54) is 11.1 Å². The number of hydrogen-bond acceptors (Lipinski definition) is 4. The average molecular weight is 413 g/mol. The zero-order chi connectivity index (χ0) is 18.9. The van der Waals surface area contributed by atoms with Gasteiger partial charge in [-0.25, -0.2) is 15.1 Å². The van der Waals surface area contributed by atoms with E-state index in [1.54, 1.807) is 6.92 Å². The number of halogens is 1. The van der Waals surface area contributed by atoms with Gasteiger partial charge in [-0.05, 0) is 37.0 Å². The molecule has 1 aromatic rings. The quantitative estimate of drug-likeness (QED) is 0.715. The number of amidine groups is 1. The summed E-state index contributed by atoms with van der Waals surface area (Å²) in [7, 11) is 0. The predicted molar refractivity (Wildman–Crippen MR) is 105 cm³/mol. The molecule has 1 aliphatic heterocycles. The normalized spacial score (nSPS) is 20.0. The fraction of sp³-hybridized carbons (Fsp3) is 0.579. The van der Waals surface area contributed by atoms with Crippen LogP contribution in [0.15, 0.2) is 27.7 Å². The second-order valence-electron chi connectivity index (χ2n) is 5.33. The Hall–Kier alpha value is -1.56. The molecule has 0 bridgehead atoms. The molecule has 140 valence electrons. The van der Waals surface area contributed by atoms with Crippen molar-refractivity contribution in [1.29, 1.82) is 0 Å². The fourth-order valence-electron chi connectivity index (χ4n) is 2.87. The molecule has 1 aliphatic carbocycles. The lowest BCUT2D eigenvalue weighted by atomic mass is 9.79. The third kappa shape index (κ3) is 5.46. The first-order valence-electron chi connectivity index (χ1n) is 9.04. The molecule has 0 saturated heterocycles. The highest BCUT2D eigenvalue weighted by Crippen LogP contribution is 2.37. The number of aliphatic imine (C=N–C) groups is 1. The van der Waals surface area contributed by atoms with E-state index in [-0.39, 0.29) is 11.6 Å². The summed E-state index contributed by atoms with van der Waals surface area (Å²) < 4.78 is 11.5. The highest BCUT2D eigenvalue weighted by Gasteiger charge is 2.40. The van der Waals surface area contributed by atoms with Gasteiger partial charge in [0.2, 0.25) is 0 Å². The highest BCUT2D eigenvalue weighted by molar-refractivity contribution is 9.10. The average Bonchev–Trinajstić information content (AvgIpc) is 3.00. The minimum Gasteiger partial charge on any atom is -0.462 e. The van der Waals surface area contributed by atoms with Gasteiger partial charge in [0.1, 0.15) is 12.1 Å². The molecule has 1 heterocycles. The van der Waals surface area contributed by atoms with Crippen LogP contribution in [-0.2, 0) is 22.3 Å². The summed E-state index contributed by atoms with van der Waals surface area (Å²) in [6.07, 6.45) is 2.18. The van der Waals surface area contributed by atoms with Crippen LogP contribution >= 0.6 is 15.9 Å². The molecule has 1 amide bonds. The number of ether oxygens (including phenoxy) is 2. The molecular weight excluding hydrogens is 384 g/mol. The number of carbonyl (C=O) groups is 1. The maximum Gasteiger partial charge on any atom is 0.415 e. The van der Waals surface area contributed by atoms with Crippen molar-refractivity contribution in [2.45, 2.75) is 59.4 Å². The molecule has 1 unspecified atom stereocenters. The summed E-state index contributed by atoms with van der Waals surface area (Å²) in [5, 5.41) is 2.54. The summed E-state index contributed by atoms with van der Waals surface area (Å²) in [4.78, 5) is 16.0. The number of hydrogen-bond donors (Lipinski definition) is 1. The van der Waals surface area contributed by atoms with Crippen LogP contribution in [0.2, 0.25) is 0 Å². The van der Waals surface area contributed by atoms with Gasteiger partial charge in [0, 0.05) is 10.9 Å². The van der Waals surface area contributed by atoms with Gasteiger partial charge in [-0.1, -0.05) is 55.8 Å². The van der Waals surface area contributed by atoms with Crippen molar-refractivity contribution in [3.63, 3.8) is 0 Å². The molecule has 0 radical (unpaired) electrons. The molecule has 1 atom stereocenters. The third-order valence-electron chi connectivity index (χ3n) is 3.88. The molecule has 1 aromatic carbocycles. The van der Waals surface area contributed by atoms with E-state index >= 15 is 0 Å². The number of carbonyl (C=O) groups excluding carboxylic acids is 1. The van der Waals surface area contributed by atoms with E-state index in [2.05, 4.69) is 38.4 Å². The van der Waals surface area contributed by atoms with Gasteiger partial charge in [0.15, 0.2) is 0 Å². The molecule has 1 N–H and O–H groups in total. The van der Waals surface area contributed by atoms with Gasteiger partial charge in [-0.15, -0.1) is 0 Å². The van der Waals surface area contributed by atoms with E-state index in [1.807, 2.05) is 33.8 Å². The topological polar surface area (TPSA) is 59.9 Å². The largest absolute Gasteiger partial charge is 0.462 e. The second-order valence-corrected chi connectivity index (χ2v) is 6.18. The van der Waals surface area contributed by atoms with Crippen molar-refractivity contribution in [3.8, 4) is 0 Å². The van der Waals surface area contributed by atoms with Gasteiger partial charge in [0.05, 0.1) is 6.61 Å². The number of nitrogens with zero attached hydrogens (tertiary/aromatic N) is 1. The molecule has 0 saturated carbocycles. The maximum absolute atomic E-state index is 11.4. The Balaban J connectivity index is 0.000000730. The van der Waals surface area contributed by atoms with Gasteiger partial charge >= 0.3 is 6.09 Å². The zero-order valence-electron chi connectivity index (χ0n) is 15.8. The Labute approximate surface area is 159 Å². The van der Waals surface area contributed by atoms with E-state index < -0.39 is 6.09 Å². The van der Waals surface area contributed by atoms with Crippen molar-refractivity contribution >= 4 is 28.0 Å². The van der Waals surface area contributed by atoms with Gasteiger partial charge < -0.3 is 9.47 Å². The number of benzene rings is 1. The van der Waals surface area contributed by atoms with E-state index in [0.29, 0.717) is 13.2 Å². The lowest BCUT2D eigenvalue weighted by molar-refractivity contribution is 0.154. The Bertz CT molecular complexity index is 604. The zero-order valence-corrected chi connectivity index (χ0v) is 17.4. The molecule has 25 heavy (non-hydrogen) atoms. The van der Waals surface area contributed by atoms with Crippen LogP contribution in [0.25, 0.3) is 0 Å². The predicted octanol–water partition coefficient (Wildman–Crippen LogP) is 4.86. The summed E-state index contributed by atoms with van der Waals surface area (Å²) in [5.41, 5.74) is 2.38. The number of rotatable bonds is 1. The third-order valence-corrected chi connectivity index (χ3v) is 4.62. The molecule has 5 nitrogen and oxygen atoms in total. The van der Waals surface area contributed by atoms with Gasteiger partial charge in [-0.2, -0.15) is 0 Å². The highest BCUT2D eigenvalue weighted by atomic mass is 79.9. The number of fused-ring (bicyclic) bond motifs is 1. The summed E-state index contributed by atoms with van der Waals surface area (Å²) in [6, 6.07) is 6.51. The molecule has 6 heteroatoms. The minimum absolute atomic E-state index is 0.261. The van der Waals surface area contributed by atoms with Crippen LogP contribution in [0.3, 0.4) is 0 Å². The number of amides is 1. The van der Waals surface area contributed by atoms with Crippen LogP contribution in [0.5, 0.6) is 0 Å². The molecule has 1 spiro atoms. The van der Waals surface area contributed by atoms with Crippen LogP contribution < -0.4 is 5.32 Å². The Morgan fingerprint density at radius 1 is 1.36 bits per heavy atom. The Morgan fingerprint density at radius 2 is 2.08 bits per heavy atom. The maximum atomic E-state index is 11.4. The van der Waals surface area contributed by atoms with Crippen molar-refractivity contribution in [3.05, 3.63) is 33.8 Å². The smallest absolute Gasteiger partial charge is 0.415 e. The van der Waals surface area contributed by atoms with E-state index in [4.69, 9.17) is 9.47 Å². The fourth-order valence-corrected chi connectivity index (χ4v) is 3.47. The molecular formula is C19H29BrN2O3. The SMILES string of the molecule is CC.CC.CCOC(=O)NC1=NC2(CCc3c(Br)cccc3C2)CO1. The van der Waals surface area contributed by atoms with E-state index in [0.717, 1.165) is 23.7 Å². The molecule has 2 aliphatic rings. The minimum atomic E-state index is -0.521. The summed E-state index contributed by atoms with van der Waals surface area (Å²) in [5.74, 6) is 0. The number of alkyl carbamates (subject to hydrolysis) is 1. The van der Waals surface area contributed by atoms with E-state index in [9.17, 15) is 4.79 Å². The monoisotopic (exact) mass is 412 g/mol. The Kier molecular flexibility index (Phi) is 8.97. The van der Waals surface area contributed by atoms with Gasteiger partial charge in [0.25, 0.3) is 6.02 Å². The Morgan fingerprint density at radius 3 is 2.76 bits per heavy atom. The molecule has 0 fully saturated rings. The summed E-state index contributed by atoms with van der Waals surface area (Å²) >= 11 is 3.60. The van der Waals surface area contributed by atoms with Crippen molar-refractivity contribution in [2.75, 3.05) is 13.2 Å². The molecule has 3 rings (SSSR count).